The number of alkyl halides is 1. The molecule has 0 spiro atoms. The van der Waals surface area contributed by atoms with Crippen LogP contribution in [-0.2, 0) is 15.3 Å². The number of likely N-dealkylation sites (tertiary alicyclic amines) is 1. The predicted octanol–water partition coefficient (Wildman–Crippen LogP) is 1.78. The summed E-state index contributed by atoms with van der Waals surface area (Å²) in [5.74, 6) is -0.611. The molecular weight excluding hydrogens is 274 g/mol. The first-order valence-electron chi connectivity index (χ1n) is 5.41. The minimum Gasteiger partial charge on any atom is -0.480 e. The van der Waals surface area contributed by atoms with Crippen molar-refractivity contribution >= 4 is 35.2 Å². The number of halogens is 1. The van der Waals surface area contributed by atoms with Crippen molar-refractivity contribution in [3.05, 3.63) is 35.9 Å². The summed E-state index contributed by atoms with van der Waals surface area (Å²) >= 11 is 7.39. The summed E-state index contributed by atoms with van der Waals surface area (Å²) in [5.41, 5.74) is 1.13. The van der Waals surface area contributed by atoms with E-state index in [0.29, 0.717) is 5.75 Å². The maximum absolute atomic E-state index is 11.4. The molecule has 6 heteroatoms. The molecule has 96 valence electrons. The first-order chi connectivity index (χ1) is 8.59. The van der Waals surface area contributed by atoms with Crippen molar-refractivity contribution in [2.24, 2.45) is 0 Å². The van der Waals surface area contributed by atoms with Gasteiger partial charge in [0.05, 0.1) is 0 Å². The zero-order chi connectivity index (χ0) is 13.1. The lowest BCUT2D eigenvalue weighted by molar-refractivity contribution is -0.150. The molecule has 0 radical (unpaired) electrons. The number of amides is 1. The van der Waals surface area contributed by atoms with Gasteiger partial charge < -0.3 is 10.0 Å². The van der Waals surface area contributed by atoms with Crippen LogP contribution < -0.4 is 0 Å². The minimum absolute atomic E-state index is 0.254. The van der Waals surface area contributed by atoms with Gasteiger partial charge in [-0.3, -0.25) is 9.59 Å². The van der Waals surface area contributed by atoms with E-state index < -0.39 is 11.3 Å². The Morgan fingerprint density at radius 2 is 2.06 bits per heavy atom. The summed E-state index contributed by atoms with van der Waals surface area (Å²) in [4.78, 5) is 23.4. The molecule has 18 heavy (non-hydrogen) atoms. The van der Waals surface area contributed by atoms with Gasteiger partial charge in [0.15, 0.2) is 0 Å². The fourth-order valence-electron chi connectivity index (χ4n) is 1.73. The molecule has 1 N–H and O–H groups in total. The Balaban J connectivity index is 1.92. The normalized spacial score (nSPS) is 22.7. The van der Waals surface area contributed by atoms with Crippen molar-refractivity contribution in [2.45, 2.75) is 16.5 Å². The van der Waals surface area contributed by atoms with E-state index in [0.717, 1.165) is 5.56 Å². The first-order valence-corrected chi connectivity index (χ1v) is 6.90. The van der Waals surface area contributed by atoms with Crippen molar-refractivity contribution in [3.8, 4) is 0 Å². The topological polar surface area (TPSA) is 57.6 Å². The van der Waals surface area contributed by atoms with Crippen LogP contribution in [0.15, 0.2) is 30.3 Å². The Morgan fingerprint density at radius 1 is 1.39 bits per heavy atom. The molecule has 1 aromatic rings. The van der Waals surface area contributed by atoms with Gasteiger partial charge in [0, 0.05) is 5.75 Å². The molecule has 0 aliphatic carbocycles. The third-order valence-electron chi connectivity index (χ3n) is 2.65. The minimum atomic E-state index is -1.02. The van der Waals surface area contributed by atoms with Gasteiger partial charge in [-0.15, -0.1) is 23.4 Å². The SMILES string of the molecule is O=C(O)CN1C(=O)C(Cl)C1SCc1ccccc1. The number of rotatable bonds is 5. The van der Waals surface area contributed by atoms with Gasteiger partial charge >= 0.3 is 5.97 Å². The molecule has 4 nitrogen and oxygen atoms in total. The summed E-state index contributed by atoms with van der Waals surface area (Å²) in [6.07, 6.45) is 0. The zero-order valence-corrected chi connectivity index (χ0v) is 11.0. The Labute approximate surface area is 114 Å². The van der Waals surface area contributed by atoms with Crippen LogP contribution in [0.2, 0.25) is 0 Å². The summed E-state index contributed by atoms with van der Waals surface area (Å²) in [6.45, 7) is -0.283. The molecule has 1 fully saturated rings. The predicted molar refractivity (Wildman–Crippen MR) is 70.5 cm³/mol. The van der Waals surface area contributed by atoms with E-state index in [4.69, 9.17) is 16.7 Å². The molecule has 0 saturated carbocycles. The Kier molecular flexibility index (Phi) is 4.14. The van der Waals surface area contributed by atoms with Crippen LogP contribution in [0, 0.1) is 0 Å². The average Bonchev–Trinajstić information content (AvgIpc) is 2.38. The highest BCUT2D eigenvalue weighted by atomic mass is 35.5. The number of carboxylic acid groups (broad SMARTS) is 1. The second kappa shape index (κ2) is 5.63. The molecule has 2 unspecified atom stereocenters. The monoisotopic (exact) mass is 285 g/mol. The van der Waals surface area contributed by atoms with Crippen molar-refractivity contribution < 1.29 is 14.7 Å². The quantitative estimate of drug-likeness (QED) is 0.662. The third-order valence-corrected chi connectivity index (χ3v) is 4.59. The van der Waals surface area contributed by atoms with Gasteiger partial charge in [0.2, 0.25) is 5.91 Å². The number of thioether (sulfide) groups is 1. The lowest BCUT2D eigenvalue weighted by Gasteiger charge is -2.42. The van der Waals surface area contributed by atoms with Crippen LogP contribution in [0.25, 0.3) is 0 Å². The molecular formula is C12H12ClNO3S. The molecule has 0 bridgehead atoms. The van der Waals surface area contributed by atoms with E-state index in [1.54, 1.807) is 0 Å². The maximum atomic E-state index is 11.4. The number of carboxylic acids is 1. The first kappa shape index (κ1) is 13.2. The highest BCUT2D eigenvalue weighted by molar-refractivity contribution is 7.99. The number of benzene rings is 1. The van der Waals surface area contributed by atoms with E-state index in [1.165, 1.54) is 16.7 Å². The number of β-lactam (4-membered cyclic amide) rings is 1. The van der Waals surface area contributed by atoms with Crippen LogP contribution in [0.3, 0.4) is 0 Å². The van der Waals surface area contributed by atoms with Crippen molar-refractivity contribution in [2.75, 3.05) is 6.54 Å². The molecule has 1 aliphatic rings. The van der Waals surface area contributed by atoms with Crippen LogP contribution in [0.5, 0.6) is 0 Å². The standard InChI is InChI=1S/C12H12ClNO3S/c13-10-11(17)14(6-9(15)16)12(10)18-7-8-4-2-1-3-5-8/h1-5,10,12H,6-7H2,(H,15,16). The van der Waals surface area contributed by atoms with Crippen molar-refractivity contribution in [1.82, 2.24) is 4.90 Å². The van der Waals surface area contributed by atoms with E-state index in [1.807, 2.05) is 30.3 Å². The van der Waals surface area contributed by atoms with E-state index in [2.05, 4.69) is 0 Å². The lowest BCUT2D eigenvalue weighted by atomic mass is 10.2. The smallest absolute Gasteiger partial charge is 0.323 e. The summed E-state index contributed by atoms with van der Waals surface area (Å²) in [7, 11) is 0. The van der Waals surface area contributed by atoms with E-state index in [9.17, 15) is 9.59 Å². The largest absolute Gasteiger partial charge is 0.480 e. The molecule has 1 amide bonds. The van der Waals surface area contributed by atoms with Crippen LogP contribution in [0.4, 0.5) is 0 Å². The summed E-state index contributed by atoms with van der Waals surface area (Å²) in [5, 5.41) is 7.84. The van der Waals surface area contributed by atoms with Gasteiger partial charge in [-0.2, -0.15) is 0 Å². The lowest BCUT2D eigenvalue weighted by Crippen LogP contribution is -2.61. The van der Waals surface area contributed by atoms with Gasteiger partial charge in [-0.1, -0.05) is 30.3 Å². The van der Waals surface area contributed by atoms with Crippen LogP contribution in [-0.4, -0.2) is 39.2 Å². The van der Waals surface area contributed by atoms with Gasteiger partial charge in [-0.05, 0) is 5.56 Å². The average molecular weight is 286 g/mol. The molecule has 1 heterocycles. The van der Waals surface area contributed by atoms with Crippen molar-refractivity contribution in [1.29, 1.82) is 0 Å². The van der Waals surface area contributed by atoms with E-state index in [-0.39, 0.29) is 17.8 Å². The molecule has 1 aliphatic heterocycles. The molecule has 2 rings (SSSR count). The number of carbonyl (C=O) groups is 2. The van der Waals surface area contributed by atoms with Crippen LogP contribution in [0.1, 0.15) is 5.56 Å². The summed E-state index contributed by atoms with van der Waals surface area (Å²) < 4.78 is 0. The van der Waals surface area contributed by atoms with Crippen LogP contribution >= 0.6 is 23.4 Å². The highest BCUT2D eigenvalue weighted by Crippen LogP contribution is 2.35. The fraction of sp³-hybridized carbons (Fsp3) is 0.333. The molecule has 2 atom stereocenters. The highest BCUT2D eigenvalue weighted by Gasteiger charge is 2.47. The van der Waals surface area contributed by atoms with Gasteiger partial charge in [0.25, 0.3) is 0 Å². The van der Waals surface area contributed by atoms with Crippen molar-refractivity contribution in [3.63, 3.8) is 0 Å². The Hall–Kier alpha value is -1.20. The van der Waals surface area contributed by atoms with Gasteiger partial charge in [0.1, 0.15) is 17.3 Å². The number of carbonyl (C=O) groups excluding carboxylic acids is 1. The maximum Gasteiger partial charge on any atom is 0.323 e. The third kappa shape index (κ3) is 2.79. The van der Waals surface area contributed by atoms with Gasteiger partial charge in [-0.25, -0.2) is 0 Å². The molecule has 1 saturated heterocycles. The Morgan fingerprint density at radius 3 is 2.67 bits per heavy atom. The Bertz CT molecular complexity index is 454. The molecule has 1 aromatic carbocycles. The number of aliphatic carboxylic acids is 1. The number of hydrogen-bond donors (Lipinski definition) is 1. The summed E-state index contributed by atoms with van der Waals surface area (Å²) in [6, 6.07) is 9.78. The molecule has 0 aromatic heterocycles. The fourth-order valence-corrected chi connectivity index (χ4v) is 3.40. The number of nitrogens with zero attached hydrogens (tertiary/aromatic N) is 1. The number of hydrogen-bond acceptors (Lipinski definition) is 3. The van der Waals surface area contributed by atoms with E-state index >= 15 is 0 Å². The second-order valence-electron chi connectivity index (χ2n) is 3.95. The zero-order valence-electron chi connectivity index (χ0n) is 9.45. The second-order valence-corrected chi connectivity index (χ2v) is 5.52.